The van der Waals surface area contributed by atoms with Crippen LogP contribution in [-0.4, -0.2) is 33.6 Å². The van der Waals surface area contributed by atoms with Crippen LogP contribution in [0.5, 0.6) is 0 Å². The Labute approximate surface area is 175 Å². The Balaban J connectivity index is 2.02. The first kappa shape index (κ1) is 21.0. The van der Waals surface area contributed by atoms with Crippen molar-refractivity contribution in [3.8, 4) is 11.1 Å². The highest BCUT2D eigenvalue weighted by Crippen LogP contribution is 2.28. The van der Waals surface area contributed by atoms with Crippen LogP contribution in [0.1, 0.15) is 36.8 Å². The Hall–Kier alpha value is -3.74. The van der Waals surface area contributed by atoms with Crippen LogP contribution in [0.2, 0.25) is 0 Å². The molecule has 0 unspecified atom stereocenters. The van der Waals surface area contributed by atoms with Crippen LogP contribution < -0.4 is 10.2 Å². The molecule has 0 bridgehead atoms. The third-order valence-electron chi connectivity index (χ3n) is 4.78. The Kier molecular flexibility index (Phi) is 6.11. The van der Waals surface area contributed by atoms with Gasteiger partial charge in [-0.2, -0.15) is 0 Å². The summed E-state index contributed by atoms with van der Waals surface area (Å²) < 4.78 is 0. The number of benzene rings is 2. The summed E-state index contributed by atoms with van der Waals surface area (Å²) in [6, 6.07) is 14.7. The second-order valence-electron chi connectivity index (χ2n) is 7.33. The number of hydrogen-bond acceptors (Lipinski definition) is 4. The van der Waals surface area contributed by atoms with Crippen molar-refractivity contribution in [1.29, 1.82) is 0 Å². The molecule has 0 aliphatic carbocycles. The first-order valence-electron chi connectivity index (χ1n) is 9.62. The monoisotopic (exact) mass is 404 g/mol. The van der Waals surface area contributed by atoms with E-state index in [2.05, 4.69) is 15.3 Å². The van der Waals surface area contributed by atoms with Crippen molar-refractivity contribution in [2.75, 3.05) is 11.4 Å². The van der Waals surface area contributed by atoms with Gasteiger partial charge < -0.3 is 10.4 Å². The van der Waals surface area contributed by atoms with Gasteiger partial charge in [-0.1, -0.05) is 30.3 Å². The van der Waals surface area contributed by atoms with E-state index in [0.717, 1.165) is 11.1 Å². The number of carboxylic acid groups (broad SMARTS) is 1. The summed E-state index contributed by atoms with van der Waals surface area (Å²) in [5, 5.41) is 12.5. The minimum Gasteiger partial charge on any atom is -0.465 e. The van der Waals surface area contributed by atoms with Crippen LogP contribution in [-0.2, 0) is 5.54 Å². The molecule has 2 amide bonds. The molecule has 0 aliphatic rings. The highest BCUT2D eigenvalue weighted by Gasteiger charge is 2.26. The second kappa shape index (κ2) is 8.73. The van der Waals surface area contributed by atoms with Gasteiger partial charge >= 0.3 is 6.09 Å². The Morgan fingerprint density at radius 1 is 1.07 bits per heavy atom. The molecule has 0 saturated carbocycles. The van der Waals surface area contributed by atoms with Gasteiger partial charge in [0.2, 0.25) is 0 Å². The number of nitrogens with zero attached hydrogens (tertiary/aromatic N) is 3. The lowest BCUT2D eigenvalue weighted by molar-refractivity contribution is 0.0910. The molecule has 3 rings (SSSR count). The quantitative estimate of drug-likeness (QED) is 0.638. The largest absolute Gasteiger partial charge is 0.465 e. The van der Waals surface area contributed by atoms with Crippen molar-refractivity contribution in [3.05, 3.63) is 78.4 Å². The molecule has 0 spiro atoms. The van der Waals surface area contributed by atoms with Gasteiger partial charge in [0.1, 0.15) is 0 Å². The number of amides is 2. The van der Waals surface area contributed by atoms with Gasteiger partial charge in [0.25, 0.3) is 5.91 Å². The summed E-state index contributed by atoms with van der Waals surface area (Å²) in [4.78, 5) is 34.4. The van der Waals surface area contributed by atoms with E-state index in [4.69, 9.17) is 0 Å². The van der Waals surface area contributed by atoms with Gasteiger partial charge in [-0.25, -0.2) is 4.79 Å². The maximum Gasteiger partial charge on any atom is 0.411 e. The summed E-state index contributed by atoms with van der Waals surface area (Å²) in [5.41, 5.74) is 2.32. The predicted octanol–water partition coefficient (Wildman–Crippen LogP) is 4.31. The van der Waals surface area contributed by atoms with Crippen molar-refractivity contribution in [2.24, 2.45) is 0 Å². The number of hydrogen-bond donors (Lipinski definition) is 2. The van der Waals surface area contributed by atoms with E-state index in [1.165, 1.54) is 4.90 Å². The fourth-order valence-electron chi connectivity index (χ4n) is 3.17. The van der Waals surface area contributed by atoms with Crippen molar-refractivity contribution >= 4 is 17.7 Å². The summed E-state index contributed by atoms with van der Waals surface area (Å²) >= 11 is 0. The van der Waals surface area contributed by atoms with Crippen LogP contribution in [0.3, 0.4) is 0 Å². The topological polar surface area (TPSA) is 95.4 Å². The van der Waals surface area contributed by atoms with E-state index in [0.29, 0.717) is 16.9 Å². The fraction of sp³-hybridized carbons (Fsp3) is 0.217. The normalized spacial score (nSPS) is 11.0. The molecular weight excluding hydrogens is 380 g/mol. The molecule has 1 aromatic heterocycles. The number of nitrogens with one attached hydrogen (secondary N) is 1. The second-order valence-corrected chi connectivity index (χ2v) is 7.33. The molecule has 1 heterocycles. The molecule has 0 fully saturated rings. The van der Waals surface area contributed by atoms with Gasteiger partial charge in [-0.05, 0) is 50.1 Å². The lowest BCUT2D eigenvalue weighted by atomic mass is 9.98. The lowest BCUT2D eigenvalue weighted by Crippen LogP contribution is -2.41. The minimum absolute atomic E-state index is 0.264. The van der Waals surface area contributed by atoms with Crippen LogP contribution in [0, 0.1) is 0 Å². The van der Waals surface area contributed by atoms with Crippen LogP contribution in [0.15, 0.2) is 67.1 Å². The molecule has 3 aromatic rings. The molecule has 2 aromatic carbocycles. The first-order chi connectivity index (χ1) is 14.3. The van der Waals surface area contributed by atoms with Gasteiger partial charge in [0.15, 0.2) is 0 Å². The number of aromatic nitrogens is 2. The summed E-state index contributed by atoms with van der Waals surface area (Å²) in [7, 11) is 0. The highest BCUT2D eigenvalue weighted by atomic mass is 16.4. The molecule has 2 N–H and O–H groups in total. The lowest BCUT2D eigenvalue weighted by Gasteiger charge is -2.26. The maximum absolute atomic E-state index is 13.1. The SMILES string of the molecule is CCN(C(=O)O)c1cc(C(=O)NC(C)(C)c2cnccn2)cc(-c2ccccc2)c1. The van der Waals surface area contributed by atoms with Gasteiger partial charge in [-0.3, -0.25) is 19.7 Å². The van der Waals surface area contributed by atoms with E-state index >= 15 is 0 Å². The molecule has 0 radical (unpaired) electrons. The maximum atomic E-state index is 13.1. The zero-order valence-electron chi connectivity index (χ0n) is 17.2. The van der Waals surface area contributed by atoms with Crippen molar-refractivity contribution in [3.63, 3.8) is 0 Å². The van der Waals surface area contributed by atoms with Crippen LogP contribution in [0.4, 0.5) is 10.5 Å². The van der Waals surface area contributed by atoms with E-state index in [1.54, 1.807) is 43.7 Å². The number of rotatable bonds is 6. The average molecular weight is 404 g/mol. The van der Waals surface area contributed by atoms with E-state index in [9.17, 15) is 14.7 Å². The molecule has 0 atom stereocenters. The first-order valence-corrected chi connectivity index (χ1v) is 9.62. The molecular formula is C23H24N4O3. The molecule has 7 nitrogen and oxygen atoms in total. The van der Waals surface area contributed by atoms with Gasteiger partial charge in [0, 0.05) is 30.2 Å². The third-order valence-corrected chi connectivity index (χ3v) is 4.78. The average Bonchev–Trinajstić information content (AvgIpc) is 2.75. The minimum atomic E-state index is -1.08. The van der Waals surface area contributed by atoms with Crippen LogP contribution in [0.25, 0.3) is 11.1 Å². The highest BCUT2D eigenvalue weighted by molar-refractivity contribution is 5.98. The Morgan fingerprint density at radius 3 is 2.40 bits per heavy atom. The van der Waals surface area contributed by atoms with E-state index in [1.807, 2.05) is 44.2 Å². The number of carbonyl (C=O) groups excluding carboxylic acids is 1. The van der Waals surface area contributed by atoms with Crippen molar-refractivity contribution in [2.45, 2.75) is 26.3 Å². The predicted molar refractivity (Wildman–Crippen MR) is 115 cm³/mol. The number of anilines is 1. The van der Waals surface area contributed by atoms with Crippen LogP contribution >= 0.6 is 0 Å². The molecule has 0 saturated heterocycles. The molecule has 7 heteroatoms. The summed E-state index contributed by atoms with van der Waals surface area (Å²) in [5.74, 6) is -0.328. The van der Waals surface area contributed by atoms with Crippen molar-refractivity contribution in [1.82, 2.24) is 15.3 Å². The molecule has 154 valence electrons. The standard InChI is InChI=1S/C23H24N4O3/c1-4-27(22(29)30)19-13-17(16-8-6-5-7-9-16)12-18(14-19)21(28)26-23(2,3)20-15-24-10-11-25-20/h5-15H,4H2,1-3H3,(H,26,28)(H,29,30). The van der Waals surface area contributed by atoms with Gasteiger partial charge in [0.05, 0.1) is 17.4 Å². The number of carbonyl (C=O) groups is 2. The molecule has 30 heavy (non-hydrogen) atoms. The Morgan fingerprint density at radius 2 is 1.80 bits per heavy atom. The fourth-order valence-corrected chi connectivity index (χ4v) is 3.17. The van der Waals surface area contributed by atoms with Crippen molar-refractivity contribution < 1.29 is 14.7 Å². The third kappa shape index (κ3) is 4.63. The van der Waals surface area contributed by atoms with E-state index < -0.39 is 11.6 Å². The molecule has 0 aliphatic heterocycles. The van der Waals surface area contributed by atoms with E-state index in [-0.39, 0.29) is 12.5 Å². The smallest absolute Gasteiger partial charge is 0.411 e. The summed E-state index contributed by atoms with van der Waals surface area (Å²) in [6.07, 6.45) is 3.68. The summed E-state index contributed by atoms with van der Waals surface area (Å²) in [6.45, 7) is 5.69. The zero-order chi connectivity index (χ0) is 21.7. The zero-order valence-corrected chi connectivity index (χ0v) is 17.2. The Bertz CT molecular complexity index is 1040. The van der Waals surface area contributed by atoms with Gasteiger partial charge in [-0.15, -0.1) is 0 Å².